The summed E-state index contributed by atoms with van der Waals surface area (Å²) in [7, 11) is 0. The Morgan fingerprint density at radius 1 is 1.86 bits per heavy atom. The van der Waals surface area contributed by atoms with Gasteiger partial charge in [-0.05, 0) is 6.08 Å². The van der Waals surface area contributed by atoms with Crippen molar-refractivity contribution in [3.63, 3.8) is 0 Å². The first-order chi connectivity index (χ1) is 3.39. The Bertz CT molecular complexity index is 117. The van der Waals surface area contributed by atoms with Crippen molar-refractivity contribution >= 4 is 6.34 Å². The molecule has 38 valence electrons. The predicted molar refractivity (Wildman–Crippen MR) is 27.2 cm³/mol. The minimum Gasteiger partial charge on any atom is -0.495 e. The van der Waals surface area contributed by atoms with Crippen LogP contribution in [0.25, 0.3) is 0 Å². The van der Waals surface area contributed by atoms with Gasteiger partial charge in [-0.25, -0.2) is 0 Å². The molecule has 7 heavy (non-hydrogen) atoms. The lowest BCUT2D eigenvalue weighted by Gasteiger charge is -1.99. The number of hydrogen-bond acceptors (Lipinski definition) is 3. The molecule has 0 aromatic rings. The Balaban J connectivity index is 2.50. The van der Waals surface area contributed by atoms with Crippen molar-refractivity contribution in [3.8, 4) is 0 Å². The summed E-state index contributed by atoms with van der Waals surface area (Å²) in [4.78, 5) is 3.76. The molecule has 0 saturated carbocycles. The van der Waals surface area contributed by atoms with Crippen molar-refractivity contribution in [3.05, 3.63) is 12.0 Å². The monoisotopic (exact) mass is 98.0 g/mol. The first kappa shape index (κ1) is 4.18. The summed E-state index contributed by atoms with van der Waals surface area (Å²) < 4.78 is 0. The van der Waals surface area contributed by atoms with Gasteiger partial charge in [0.2, 0.25) is 0 Å². The standard InChI is InChI=1S/C4H6N2O/c7-4-1-2-5-3-6-4/h1,3,7H,2H2,(H,5,6). The molecule has 2 N–H and O–H groups in total. The molecule has 0 amide bonds. The average molecular weight is 98.1 g/mol. The number of aliphatic hydroxyl groups is 1. The molecule has 1 rings (SSSR count). The Hall–Kier alpha value is -0.990. The molecule has 1 aliphatic heterocycles. The number of hydrogen-bond donors (Lipinski definition) is 2. The fourth-order valence-electron chi connectivity index (χ4n) is 0.363. The van der Waals surface area contributed by atoms with Crippen molar-refractivity contribution in [2.75, 3.05) is 6.54 Å². The summed E-state index contributed by atoms with van der Waals surface area (Å²) >= 11 is 0. The molecule has 0 atom stereocenters. The van der Waals surface area contributed by atoms with Gasteiger partial charge < -0.3 is 10.4 Å². The van der Waals surface area contributed by atoms with Crippen LogP contribution in [0.3, 0.4) is 0 Å². The minimum atomic E-state index is 0.190. The Morgan fingerprint density at radius 2 is 2.71 bits per heavy atom. The first-order valence-electron chi connectivity index (χ1n) is 2.03. The van der Waals surface area contributed by atoms with Gasteiger partial charge in [0.25, 0.3) is 0 Å². The lowest BCUT2D eigenvalue weighted by molar-refractivity contribution is 0.385. The van der Waals surface area contributed by atoms with E-state index in [9.17, 15) is 0 Å². The quantitative estimate of drug-likeness (QED) is 0.448. The minimum absolute atomic E-state index is 0.190. The third-order valence-electron chi connectivity index (χ3n) is 0.694. The van der Waals surface area contributed by atoms with E-state index in [1.54, 1.807) is 6.08 Å². The van der Waals surface area contributed by atoms with E-state index in [1.165, 1.54) is 6.34 Å². The second-order valence-corrected chi connectivity index (χ2v) is 1.23. The summed E-state index contributed by atoms with van der Waals surface area (Å²) in [6, 6.07) is 0. The maximum absolute atomic E-state index is 8.57. The van der Waals surface area contributed by atoms with Gasteiger partial charge in [-0.2, -0.15) is 0 Å². The van der Waals surface area contributed by atoms with Gasteiger partial charge in [0.1, 0.15) is 0 Å². The van der Waals surface area contributed by atoms with Crippen LogP contribution in [0.5, 0.6) is 0 Å². The highest BCUT2D eigenvalue weighted by Gasteiger charge is 1.88. The van der Waals surface area contributed by atoms with Crippen LogP contribution in [0.1, 0.15) is 0 Å². The molecule has 0 saturated heterocycles. The molecular formula is C4H6N2O. The first-order valence-corrected chi connectivity index (χ1v) is 2.03. The second kappa shape index (κ2) is 1.64. The summed E-state index contributed by atoms with van der Waals surface area (Å²) in [6.45, 7) is 0.582. The molecule has 1 heterocycles. The van der Waals surface area contributed by atoms with Crippen molar-refractivity contribution in [1.29, 1.82) is 0 Å². The number of aliphatic hydroxyl groups excluding tert-OH is 1. The van der Waals surface area contributed by atoms with Crippen LogP contribution in [0.4, 0.5) is 0 Å². The van der Waals surface area contributed by atoms with Crippen molar-refractivity contribution in [2.24, 2.45) is 4.99 Å². The van der Waals surface area contributed by atoms with Gasteiger partial charge >= 0.3 is 0 Å². The fourth-order valence-corrected chi connectivity index (χ4v) is 0.363. The van der Waals surface area contributed by atoms with E-state index in [2.05, 4.69) is 10.3 Å². The van der Waals surface area contributed by atoms with E-state index < -0.39 is 0 Å². The van der Waals surface area contributed by atoms with Crippen LogP contribution in [-0.2, 0) is 0 Å². The smallest absolute Gasteiger partial charge is 0.187 e. The number of nitrogens with zero attached hydrogens (tertiary/aromatic N) is 1. The SMILES string of the molecule is OC1=CCN=CN1. The Kier molecular flexibility index (Phi) is 0.978. The second-order valence-electron chi connectivity index (χ2n) is 1.23. The zero-order valence-electron chi connectivity index (χ0n) is 3.76. The van der Waals surface area contributed by atoms with Gasteiger partial charge in [0.05, 0.1) is 12.9 Å². The van der Waals surface area contributed by atoms with Crippen molar-refractivity contribution < 1.29 is 5.11 Å². The predicted octanol–water partition coefficient (Wildman–Crippen LogP) is 0.0173. The van der Waals surface area contributed by atoms with Gasteiger partial charge in [-0.3, -0.25) is 4.99 Å². The maximum Gasteiger partial charge on any atom is 0.187 e. The van der Waals surface area contributed by atoms with Crippen LogP contribution >= 0.6 is 0 Å². The van der Waals surface area contributed by atoms with Gasteiger partial charge in [0, 0.05) is 0 Å². The van der Waals surface area contributed by atoms with Gasteiger partial charge in [0.15, 0.2) is 5.88 Å². The molecule has 0 unspecified atom stereocenters. The average Bonchev–Trinajstić information content (AvgIpc) is 1.69. The zero-order chi connectivity index (χ0) is 5.11. The molecule has 0 aromatic carbocycles. The Morgan fingerprint density at radius 3 is 3.00 bits per heavy atom. The highest BCUT2D eigenvalue weighted by Crippen LogP contribution is 1.84. The molecule has 0 radical (unpaired) electrons. The molecule has 0 aromatic heterocycles. The van der Waals surface area contributed by atoms with Crippen LogP contribution in [0.2, 0.25) is 0 Å². The van der Waals surface area contributed by atoms with Crippen molar-refractivity contribution in [1.82, 2.24) is 5.32 Å². The maximum atomic E-state index is 8.57. The Labute approximate surface area is 41.4 Å². The van der Waals surface area contributed by atoms with E-state index >= 15 is 0 Å². The molecular weight excluding hydrogens is 92.1 g/mol. The summed E-state index contributed by atoms with van der Waals surface area (Å²) in [5, 5.41) is 11.1. The molecule has 0 spiro atoms. The third-order valence-corrected chi connectivity index (χ3v) is 0.694. The van der Waals surface area contributed by atoms with Crippen LogP contribution in [0.15, 0.2) is 17.0 Å². The molecule has 3 heteroatoms. The third kappa shape index (κ3) is 0.924. The fraction of sp³-hybridized carbons (Fsp3) is 0.250. The van der Waals surface area contributed by atoms with Gasteiger partial charge in [-0.1, -0.05) is 0 Å². The molecule has 0 aliphatic carbocycles. The largest absolute Gasteiger partial charge is 0.495 e. The highest BCUT2D eigenvalue weighted by molar-refractivity contribution is 5.57. The molecule has 0 fully saturated rings. The van der Waals surface area contributed by atoms with E-state index in [-0.39, 0.29) is 5.88 Å². The summed E-state index contributed by atoms with van der Waals surface area (Å²) in [6.07, 6.45) is 3.06. The number of aliphatic imine (C=N–C) groups is 1. The summed E-state index contributed by atoms with van der Waals surface area (Å²) in [5.74, 6) is 0.190. The van der Waals surface area contributed by atoms with E-state index in [0.29, 0.717) is 6.54 Å². The molecule has 1 aliphatic rings. The highest BCUT2D eigenvalue weighted by atomic mass is 16.3. The van der Waals surface area contributed by atoms with E-state index in [1.807, 2.05) is 0 Å². The van der Waals surface area contributed by atoms with E-state index in [4.69, 9.17) is 5.11 Å². The van der Waals surface area contributed by atoms with Gasteiger partial charge in [-0.15, -0.1) is 0 Å². The van der Waals surface area contributed by atoms with Crippen LogP contribution in [-0.4, -0.2) is 18.0 Å². The lowest BCUT2D eigenvalue weighted by atomic mass is 10.5. The molecule has 0 bridgehead atoms. The summed E-state index contributed by atoms with van der Waals surface area (Å²) in [5.41, 5.74) is 0. The van der Waals surface area contributed by atoms with Crippen molar-refractivity contribution in [2.45, 2.75) is 0 Å². The number of nitrogens with one attached hydrogen (secondary N) is 1. The zero-order valence-corrected chi connectivity index (χ0v) is 3.76. The number of rotatable bonds is 0. The topological polar surface area (TPSA) is 44.6 Å². The molecule has 3 nitrogen and oxygen atoms in total. The van der Waals surface area contributed by atoms with E-state index in [0.717, 1.165) is 0 Å². The normalized spacial score (nSPS) is 18.0. The van der Waals surface area contributed by atoms with Crippen LogP contribution in [0, 0.1) is 0 Å². The lowest BCUT2D eigenvalue weighted by Crippen LogP contribution is -2.13. The van der Waals surface area contributed by atoms with Crippen LogP contribution < -0.4 is 5.32 Å².